The van der Waals surface area contributed by atoms with Crippen LogP contribution in [0.2, 0.25) is 10.0 Å². The number of anilines is 2. The number of ketones is 2. The van der Waals surface area contributed by atoms with E-state index in [9.17, 15) is 9.59 Å². The molecule has 0 amide bonds. The van der Waals surface area contributed by atoms with Crippen LogP contribution in [0.3, 0.4) is 0 Å². The van der Waals surface area contributed by atoms with Crippen LogP contribution in [-0.4, -0.2) is 33.6 Å². The molecular formula is C50H58Cl2N4O2. The first-order valence-electron chi connectivity index (χ1n) is 19.7. The van der Waals surface area contributed by atoms with Gasteiger partial charge in [-0.2, -0.15) is 0 Å². The molecule has 2 unspecified atom stereocenters. The molecule has 2 atom stereocenters. The smallest absolute Gasteiger partial charge is 0.181 e. The molecule has 2 aromatic rings. The largest absolute Gasteiger partial charge is 0.374 e. The standard InChI is InChI=1S/C50H58Cl2N4O2/c1-33(17-13-19-35(3)21-23-43-37(5)47(57)45(27-49(43,7)8)55-41-25-39(51)29-53-31-41)15-11-12-16-34(2)18-14-20-36(4)22-24-44-38(6)48(58)46(28-50(44,9)10)56-42-26-40(52)30-54-32-42/h11-26,29-32,45-46,55-56H,27-28H2,1-10H3. The van der Waals surface area contributed by atoms with E-state index in [0.717, 1.165) is 56.0 Å². The normalized spacial score (nSPS) is 21.2. The Morgan fingerprint density at radius 3 is 1.29 bits per heavy atom. The second-order valence-electron chi connectivity index (χ2n) is 16.6. The monoisotopic (exact) mass is 816 g/mol. The first-order valence-corrected chi connectivity index (χ1v) is 20.4. The predicted octanol–water partition coefficient (Wildman–Crippen LogP) is 13.2. The fourth-order valence-electron chi connectivity index (χ4n) is 7.32. The number of carbonyl (C=O) groups excluding carboxylic acids is 2. The number of pyridine rings is 2. The van der Waals surface area contributed by atoms with Crippen molar-refractivity contribution in [3.63, 3.8) is 0 Å². The zero-order valence-electron chi connectivity index (χ0n) is 35.6. The van der Waals surface area contributed by atoms with E-state index in [0.29, 0.717) is 22.9 Å². The number of nitrogens with zero attached hydrogens (tertiary/aromatic N) is 2. The van der Waals surface area contributed by atoms with Crippen LogP contribution in [0.15, 0.2) is 167 Å². The molecule has 2 heterocycles. The predicted molar refractivity (Wildman–Crippen MR) is 246 cm³/mol. The number of hydrogen-bond acceptors (Lipinski definition) is 6. The van der Waals surface area contributed by atoms with Crippen molar-refractivity contribution in [2.75, 3.05) is 10.6 Å². The van der Waals surface area contributed by atoms with E-state index in [1.54, 1.807) is 36.9 Å². The fraction of sp³-hybridized carbons (Fsp3) is 0.320. The van der Waals surface area contributed by atoms with Gasteiger partial charge in [0.2, 0.25) is 0 Å². The van der Waals surface area contributed by atoms with E-state index in [2.05, 4.69) is 137 Å². The molecular weight excluding hydrogens is 759 g/mol. The summed E-state index contributed by atoms with van der Waals surface area (Å²) >= 11 is 12.2. The highest BCUT2D eigenvalue weighted by Crippen LogP contribution is 2.42. The number of hydrogen-bond donors (Lipinski definition) is 2. The van der Waals surface area contributed by atoms with Crippen molar-refractivity contribution >= 4 is 46.1 Å². The van der Waals surface area contributed by atoms with Crippen LogP contribution >= 0.6 is 23.2 Å². The molecule has 2 aliphatic carbocycles. The summed E-state index contributed by atoms with van der Waals surface area (Å²) in [6, 6.07) is 2.92. The van der Waals surface area contributed by atoms with E-state index in [-0.39, 0.29) is 34.5 Å². The van der Waals surface area contributed by atoms with Gasteiger partial charge in [0.1, 0.15) is 0 Å². The summed E-state index contributed by atoms with van der Waals surface area (Å²) in [5, 5.41) is 7.73. The van der Waals surface area contributed by atoms with Crippen LogP contribution in [0, 0.1) is 10.8 Å². The summed E-state index contributed by atoms with van der Waals surface area (Å²) < 4.78 is 0. The Hall–Kier alpha value is -5.04. The van der Waals surface area contributed by atoms with Crippen molar-refractivity contribution in [1.82, 2.24) is 9.97 Å². The molecule has 0 fully saturated rings. The maximum atomic E-state index is 13.3. The van der Waals surface area contributed by atoms with Gasteiger partial charge < -0.3 is 10.6 Å². The minimum atomic E-state index is -0.331. The highest BCUT2D eigenvalue weighted by atomic mass is 35.5. The van der Waals surface area contributed by atoms with E-state index < -0.39 is 0 Å². The minimum Gasteiger partial charge on any atom is -0.374 e. The van der Waals surface area contributed by atoms with Crippen LogP contribution in [0.1, 0.15) is 82.1 Å². The third kappa shape index (κ3) is 13.3. The molecule has 0 bridgehead atoms. The SMILES string of the molecule is CC(C=CC=C(C)C=CC1=C(C)C(=O)C(Nc2cncc(Cl)c2)CC1(C)C)=CC=CC=C(C)C=CC=C(C)C=CC1=C(C)C(=O)C(Nc2cncc(Cl)c2)CC1(C)C. The molecule has 2 N–H and O–H groups in total. The van der Waals surface area contributed by atoms with Crippen molar-refractivity contribution in [3.8, 4) is 0 Å². The Labute approximate surface area is 356 Å². The highest BCUT2D eigenvalue weighted by molar-refractivity contribution is 6.31. The van der Waals surface area contributed by atoms with Gasteiger partial charge in [-0.05, 0) is 99.6 Å². The van der Waals surface area contributed by atoms with Gasteiger partial charge in [0, 0.05) is 12.4 Å². The summed E-state index contributed by atoms with van der Waals surface area (Å²) in [6.07, 6.45) is 36.8. The topological polar surface area (TPSA) is 84.0 Å². The maximum Gasteiger partial charge on any atom is 0.181 e. The molecule has 0 spiro atoms. The maximum absolute atomic E-state index is 13.3. The molecule has 0 radical (unpaired) electrons. The quantitative estimate of drug-likeness (QED) is 0.185. The number of aromatic nitrogens is 2. The van der Waals surface area contributed by atoms with Crippen LogP contribution in [0.25, 0.3) is 0 Å². The number of halogens is 2. The Balaban J connectivity index is 1.29. The van der Waals surface area contributed by atoms with Crippen molar-refractivity contribution in [2.24, 2.45) is 10.8 Å². The zero-order valence-corrected chi connectivity index (χ0v) is 37.1. The average Bonchev–Trinajstić information content (AvgIpc) is 3.14. The molecule has 58 heavy (non-hydrogen) atoms. The Morgan fingerprint density at radius 2 is 0.931 bits per heavy atom. The van der Waals surface area contributed by atoms with Crippen LogP contribution in [-0.2, 0) is 9.59 Å². The van der Waals surface area contributed by atoms with Gasteiger partial charge in [-0.25, -0.2) is 0 Å². The van der Waals surface area contributed by atoms with Gasteiger partial charge >= 0.3 is 0 Å². The molecule has 8 heteroatoms. The molecule has 0 saturated carbocycles. The van der Waals surface area contributed by atoms with E-state index in [1.165, 1.54) is 0 Å². The van der Waals surface area contributed by atoms with Crippen molar-refractivity contribution in [2.45, 2.75) is 94.2 Å². The lowest BCUT2D eigenvalue weighted by molar-refractivity contribution is -0.118. The van der Waals surface area contributed by atoms with Gasteiger partial charge in [0.15, 0.2) is 11.6 Å². The van der Waals surface area contributed by atoms with Gasteiger partial charge in [-0.3, -0.25) is 19.6 Å². The lowest BCUT2D eigenvalue weighted by atomic mass is 9.70. The third-order valence-corrected chi connectivity index (χ3v) is 10.9. The van der Waals surface area contributed by atoms with Crippen molar-refractivity contribution in [1.29, 1.82) is 0 Å². The molecule has 2 aliphatic rings. The van der Waals surface area contributed by atoms with Gasteiger partial charge in [-0.1, -0.05) is 158 Å². The van der Waals surface area contributed by atoms with Crippen molar-refractivity contribution < 1.29 is 9.59 Å². The summed E-state index contributed by atoms with van der Waals surface area (Å²) in [6.45, 7) is 20.8. The third-order valence-electron chi connectivity index (χ3n) is 10.5. The number of rotatable bonds is 14. The molecule has 304 valence electrons. The fourth-order valence-corrected chi connectivity index (χ4v) is 7.67. The van der Waals surface area contributed by atoms with Crippen molar-refractivity contribution in [3.05, 3.63) is 177 Å². The summed E-state index contributed by atoms with van der Waals surface area (Å²) in [5.74, 6) is 0.187. The average molecular weight is 818 g/mol. The van der Waals surface area contributed by atoms with Crippen LogP contribution < -0.4 is 10.6 Å². The number of Topliss-reactive ketones (excluding diaryl/α,β-unsaturated/α-hetero) is 2. The first kappa shape index (κ1) is 45.7. The minimum absolute atomic E-state index is 0.0933. The Bertz CT molecular complexity index is 2060. The molecule has 0 saturated heterocycles. The lowest BCUT2D eigenvalue weighted by Crippen LogP contribution is -2.40. The first-order chi connectivity index (χ1) is 27.4. The van der Waals surface area contributed by atoms with Gasteiger partial charge in [0.05, 0.1) is 45.9 Å². The Morgan fingerprint density at radius 1 is 0.586 bits per heavy atom. The second-order valence-corrected chi connectivity index (χ2v) is 17.4. The van der Waals surface area contributed by atoms with Gasteiger partial charge in [-0.15, -0.1) is 0 Å². The number of nitrogens with one attached hydrogen (secondary N) is 2. The van der Waals surface area contributed by atoms with E-state index in [4.69, 9.17) is 23.2 Å². The Kier molecular flexibility index (Phi) is 16.2. The van der Waals surface area contributed by atoms with E-state index >= 15 is 0 Å². The highest BCUT2D eigenvalue weighted by Gasteiger charge is 2.39. The van der Waals surface area contributed by atoms with Crippen LogP contribution in [0.5, 0.6) is 0 Å². The second kappa shape index (κ2) is 20.6. The number of allylic oxidation sites excluding steroid dienone is 20. The zero-order chi connectivity index (χ0) is 42.6. The number of carbonyl (C=O) groups is 2. The van der Waals surface area contributed by atoms with Gasteiger partial charge in [0.25, 0.3) is 0 Å². The molecule has 2 aromatic heterocycles. The molecule has 4 rings (SSSR count). The van der Waals surface area contributed by atoms with E-state index in [1.807, 2.05) is 38.2 Å². The lowest BCUT2D eigenvalue weighted by Gasteiger charge is -2.37. The summed E-state index contributed by atoms with van der Waals surface area (Å²) in [5.41, 5.74) is 9.21. The molecule has 0 aromatic carbocycles. The summed E-state index contributed by atoms with van der Waals surface area (Å²) in [7, 11) is 0. The summed E-state index contributed by atoms with van der Waals surface area (Å²) in [4.78, 5) is 34.9. The molecule has 0 aliphatic heterocycles. The van der Waals surface area contributed by atoms with Crippen LogP contribution in [0.4, 0.5) is 11.4 Å². The molecule has 6 nitrogen and oxygen atoms in total.